The molecular weight excluding hydrogens is 258 g/mol. The van der Waals surface area contributed by atoms with Crippen LogP contribution in [0.15, 0.2) is 0 Å². The Morgan fingerprint density at radius 1 is 0.857 bits per heavy atom. The van der Waals surface area contributed by atoms with Crippen LogP contribution in [0.1, 0.15) is 84.5 Å². The predicted molar refractivity (Wildman–Crippen MR) is 90.7 cm³/mol. The maximum atomic E-state index is 5.92. The van der Waals surface area contributed by atoms with Crippen molar-refractivity contribution in [3.8, 4) is 0 Å². The number of likely N-dealkylation sites (tertiary alicyclic amines) is 1. The number of ether oxygens (including phenoxy) is 1. The van der Waals surface area contributed by atoms with Crippen molar-refractivity contribution in [3.63, 3.8) is 0 Å². The first-order chi connectivity index (χ1) is 10.3. The van der Waals surface area contributed by atoms with Crippen molar-refractivity contribution in [2.75, 3.05) is 19.7 Å². The largest absolute Gasteiger partial charge is 0.378 e. The molecule has 0 bridgehead atoms. The fourth-order valence-electron chi connectivity index (χ4n) is 4.15. The Bertz CT molecular complexity index is 252. The molecule has 2 nitrogen and oxygen atoms in total. The molecule has 1 saturated heterocycles. The first-order valence-electron chi connectivity index (χ1n) is 9.69. The van der Waals surface area contributed by atoms with E-state index in [-0.39, 0.29) is 0 Å². The number of hydrogen-bond acceptors (Lipinski definition) is 2. The molecule has 0 radical (unpaired) electrons. The molecule has 2 heteroatoms. The molecule has 0 unspecified atom stereocenters. The van der Waals surface area contributed by atoms with Gasteiger partial charge in [-0.2, -0.15) is 0 Å². The highest BCUT2D eigenvalue weighted by Crippen LogP contribution is 2.30. The Hall–Kier alpha value is -0.0800. The topological polar surface area (TPSA) is 12.5 Å². The molecule has 21 heavy (non-hydrogen) atoms. The fourth-order valence-corrected chi connectivity index (χ4v) is 4.15. The zero-order chi connectivity index (χ0) is 14.9. The normalized spacial score (nSPS) is 28.9. The maximum Gasteiger partial charge on any atom is 0.0576 e. The summed E-state index contributed by atoms with van der Waals surface area (Å²) in [5, 5.41) is 0. The van der Waals surface area contributed by atoms with Gasteiger partial charge in [0.15, 0.2) is 0 Å². The average Bonchev–Trinajstić information content (AvgIpc) is 2.54. The van der Waals surface area contributed by atoms with Gasteiger partial charge in [0.2, 0.25) is 0 Å². The highest BCUT2D eigenvalue weighted by atomic mass is 16.5. The lowest BCUT2D eigenvalue weighted by Gasteiger charge is -2.40. The molecule has 124 valence electrons. The Labute approximate surface area is 132 Å². The average molecular weight is 296 g/mol. The second kappa shape index (κ2) is 9.84. The second-order valence-electron chi connectivity index (χ2n) is 7.28. The van der Waals surface area contributed by atoms with Gasteiger partial charge < -0.3 is 9.64 Å². The third-order valence-electron chi connectivity index (χ3n) is 5.58. The molecule has 0 spiro atoms. The summed E-state index contributed by atoms with van der Waals surface area (Å²) in [5.74, 6) is 1.03. The van der Waals surface area contributed by atoms with Gasteiger partial charge in [0, 0.05) is 12.6 Å². The minimum atomic E-state index is 0.563. The predicted octanol–water partition coefficient (Wildman–Crippen LogP) is 5.02. The van der Waals surface area contributed by atoms with Gasteiger partial charge in [-0.3, -0.25) is 0 Å². The van der Waals surface area contributed by atoms with Gasteiger partial charge in [-0.1, -0.05) is 39.5 Å². The van der Waals surface area contributed by atoms with Crippen LogP contribution < -0.4 is 0 Å². The summed E-state index contributed by atoms with van der Waals surface area (Å²) in [4.78, 5) is 2.80. The van der Waals surface area contributed by atoms with Crippen LogP contribution in [-0.2, 0) is 4.74 Å². The van der Waals surface area contributed by atoms with Crippen LogP contribution in [-0.4, -0.2) is 36.7 Å². The third kappa shape index (κ3) is 5.90. The van der Waals surface area contributed by atoms with Gasteiger partial charge in [-0.05, 0) is 64.0 Å². The van der Waals surface area contributed by atoms with E-state index in [0.717, 1.165) is 25.0 Å². The summed E-state index contributed by atoms with van der Waals surface area (Å²) in [7, 11) is 0. The molecule has 0 aromatic carbocycles. The number of hydrogen-bond donors (Lipinski definition) is 0. The van der Waals surface area contributed by atoms with Crippen LogP contribution in [0, 0.1) is 5.92 Å². The fraction of sp³-hybridized carbons (Fsp3) is 1.00. The standard InChI is InChI=1S/C19H37NO/c1-3-5-6-7-17-12-14-20(15-13-17)18-8-10-19(11-9-18)21-16-4-2/h17-19H,3-16H2,1-2H3/t18-,19-. The first kappa shape index (κ1) is 17.3. The van der Waals surface area contributed by atoms with Crippen molar-refractivity contribution >= 4 is 0 Å². The van der Waals surface area contributed by atoms with E-state index >= 15 is 0 Å². The Kier molecular flexibility index (Phi) is 8.10. The molecule has 1 heterocycles. The first-order valence-corrected chi connectivity index (χ1v) is 9.69. The lowest BCUT2D eigenvalue weighted by molar-refractivity contribution is 0.00185. The molecule has 2 aliphatic rings. The number of rotatable bonds is 8. The summed E-state index contributed by atoms with van der Waals surface area (Å²) < 4.78 is 5.92. The van der Waals surface area contributed by atoms with Crippen molar-refractivity contribution < 1.29 is 4.74 Å². The smallest absolute Gasteiger partial charge is 0.0576 e. The molecule has 2 rings (SSSR count). The molecule has 1 aliphatic heterocycles. The number of unbranched alkanes of at least 4 members (excludes halogenated alkanes) is 2. The summed E-state index contributed by atoms with van der Waals surface area (Å²) in [5.41, 5.74) is 0. The summed E-state index contributed by atoms with van der Waals surface area (Å²) in [6.07, 6.45) is 15.7. The molecule has 0 aromatic rings. The van der Waals surface area contributed by atoms with E-state index < -0.39 is 0 Å². The summed E-state index contributed by atoms with van der Waals surface area (Å²) in [6.45, 7) is 8.20. The van der Waals surface area contributed by atoms with E-state index in [0.29, 0.717) is 6.10 Å². The molecule has 1 saturated carbocycles. The highest BCUT2D eigenvalue weighted by molar-refractivity contribution is 4.83. The van der Waals surface area contributed by atoms with E-state index in [2.05, 4.69) is 18.7 Å². The van der Waals surface area contributed by atoms with Crippen molar-refractivity contribution in [2.45, 2.75) is 96.6 Å². The van der Waals surface area contributed by atoms with Gasteiger partial charge in [-0.15, -0.1) is 0 Å². The monoisotopic (exact) mass is 295 g/mol. The lowest BCUT2D eigenvalue weighted by Crippen LogP contribution is -2.44. The van der Waals surface area contributed by atoms with Crippen LogP contribution in [0.2, 0.25) is 0 Å². The van der Waals surface area contributed by atoms with Crippen LogP contribution in [0.25, 0.3) is 0 Å². The quantitative estimate of drug-likeness (QED) is 0.583. The second-order valence-corrected chi connectivity index (χ2v) is 7.28. The van der Waals surface area contributed by atoms with Gasteiger partial charge >= 0.3 is 0 Å². The van der Waals surface area contributed by atoms with Crippen LogP contribution >= 0.6 is 0 Å². The number of nitrogens with zero attached hydrogens (tertiary/aromatic N) is 1. The Balaban J connectivity index is 1.60. The van der Waals surface area contributed by atoms with E-state index in [9.17, 15) is 0 Å². The molecule has 0 aromatic heterocycles. The van der Waals surface area contributed by atoms with Gasteiger partial charge in [0.1, 0.15) is 0 Å². The minimum absolute atomic E-state index is 0.563. The van der Waals surface area contributed by atoms with E-state index in [1.54, 1.807) is 0 Å². The van der Waals surface area contributed by atoms with E-state index in [1.165, 1.54) is 77.3 Å². The van der Waals surface area contributed by atoms with Gasteiger partial charge in [0.25, 0.3) is 0 Å². The van der Waals surface area contributed by atoms with E-state index in [4.69, 9.17) is 4.74 Å². The van der Waals surface area contributed by atoms with Crippen LogP contribution in [0.5, 0.6) is 0 Å². The van der Waals surface area contributed by atoms with Crippen LogP contribution in [0.3, 0.4) is 0 Å². The van der Waals surface area contributed by atoms with Crippen LogP contribution in [0.4, 0.5) is 0 Å². The van der Waals surface area contributed by atoms with Crippen molar-refractivity contribution in [1.29, 1.82) is 0 Å². The molecule has 0 N–H and O–H groups in total. The molecule has 0 atom stereocenters. The van der Waals surface area contributed by atoms with Crippen molar-refractivity contribution in [3.05, 3.63) is 0 Å². The Morgan fingerprint density at radius 3 is 2.19 bits per heavy atom. The highest BCUT2D eigenvalue weighted by Gasteiger charge is 2.28. The third-order valence-corrected chi connectivity index (χ3v) is 5.58. The van der Waals surface area contributed by atoms with Crippen molar-refractivity contribution in [2.24, 2.45) is 5.92 Å². The Morgan fingerprint density at radius 2 is 1.57 bits per heavy atom. The zero-order valence-corrected chi connectivity index (χ0v) is 14.5. The SMILES string of the molecule is CCCCCC1CCN([C@H]2CC[C@H](OCCC)CC2)CC1. The summed E-state index contributed by atoms with van der Waals surface area (Å²) >= 11 is 0. The summed E-state index contributed by atoms with van der Waals surface area (Å²) in [6, 6.07) is 0.864. The molecule has 0 amide bonds. The number of piperidine rings is 1. The van der Waals surface area contributed by atoms with Gasteiger partial charge in [-0.25, -0.2) is 0 Å². The molecule has 1 aliphatic carbocycles. The zero-order valence-electron chi connectivity index (χ0n) is 14.5. The van der Waals surface area contributed by atoms with Gasteiger partial charge in [0.05, 0.1) is 6.10 Å². The van der Waals surface area contributed by atoms with E-state index in [1.807, 2.05) is 0 Å². The maximum absolute atomic E-state index is 5.92. The minimum Gasteiger partial charge on any atom is -0.378 e. The lowest BCUT2D eigenvalue weighted by atomic mass is 9.87. The molecular formula is C19H37NO. The van der Waals surface area contributed by atoms with Crippen molar-refractivity contribution in [1.82, 2.24) is 4.90 Å². The molecule has 2 fully saturated rings.